The third kappa shape index (κ3) is 4.51. The first-order valence-corrected chi connectivity index (χ1v) is 9.70. The number of nitrogens with zero attached hydrogens (tertiary/aromatic N) is 1. The highest BCUT2D eigenvalue weighted by molar-refractivity contribution is 6.30. The Kier molecular flexibility index (Phi) is 5.73. The summed E-state index contributed by atoms with van der Waals surface area (Å²) in [5.41, 5.74) is 2.53. The van der Waals surface area contributed by atoms with Crippen LogP contribution in [0.15, 0.2) is 78.9 Å². The lowest BCUT2D eigenvalue weighted by Crippen LogP contribution is -2.45. The van der Waals surface area contributed by atoms with Crippen molar-refractivity contribution in [2.75, 3.05) is 26.2 Å². The molecule has 1 heterocycles. The van der Waals surface area contributed by atoms with E-state index in [-0.39, 0.29) is 6.04 Å². The van der Waals surface area contributed by atoms with Crippen molar-refractivity contribution in [1.29, 1.82) is 0 Å². The lowest BCUT2D eigenvalue weighted by Gasteiger charge is -2.35. The van der Waals surface area contributed by atoms with E-state index < -0.39 is 0 Å². The van der Waals surface area contributed by atoms with Gasteiger partial charge in [0.15, 0.2) is 0 Å². The van der Waals surface area contributed by atoms with Gasteiger partial charge in [-0.3, -0.25) is 4.90 Å². The van der Waals surface area contributed by atoms with Crippen molar-refractivity contribution in [2.24, 2.45) is 0 Å². The van der Waals surface area contributed by atoms with Crippen LogP contribution in [0.5, 0.6) is 11.5 Å². The Balaban J connectivity index is 1.60. The van der Waals surface area contributed by atoms with Gasteiger partial charge in [-0.2, -0.15) is 0 Å². The predicted molar refractivity (Wildman–Crippen MR) is 111 cm³/mol. The molecule has 1 aliphatic heterocycles. The normalized spacial score (nSPS) is 16.0. The number of benzene rings is 3. The van der Waals surface area contributed by atoms with E-state index in [9.17, 15) is 0 Å². The molecule has 3 aromatic rings. The van der Waals surface area contributed by atoms with E-state index in [0.29, 0.717) is 0 Å². The van der Waals surface area contributed by atoms with Crippen molar-refractivity contribution in [3.05, 3.63) is 95.0 Å². The first kappa shape index (κ1) is 18.1. The van der Waals surface area contributed by atoms with Crippen molar-refractivity contribution in [3.8, 4) is 11.5 Å². The van der Waals surface area contributed by atoms with E-state index >= 15 is 0 Å². The number of ether oxygens (including phenoxy) is 1. The molecule has 27 heavy (non-hydrogen) atoms. The van der Waals surface area contributed by atoms with Crippen LogP contribution < -0.4 is 10.1 Å². The summed E-state index contributed by atoms with van der Waals surface area (Å²) in [6.45, 7) is 4.07. The van der Waals surface area contributed by atoms with E-state index in [1.165, 1.54) is 11.1 Å². The van der Waals surface area contributed by atoms with Gasteiger partial charge in [-0.25, -0.2) is 0 Å². The fourth-order valence-corrected chi connectivity index (χ4v) is 3.67. The Morgan fingerprint density at radius 1 is 0.741 bits per heavy atom. The minimum absolute atomic E-state index is 0.218. The van der Waals surface area contributed by atoms with Gasteiger partial charge in [0, 0.05) is 31.2 Å². The quantitative estimate of drug-likeness (QED) is 0.666. The third-order valence-corrected chi connectivity index (χ3v) is 5.13. The summed E-state index contributed by atoms with van der Waals surface area (Å²) < 4.78 is 5.94. The van der Waals surface area contributed by atoms with E-state index in [1.807, 2.05) is 54.6 Å². The molecule has 0 saturated carbocycles. The van der Waals surface area contributed by atoms with Crippen LogP contribution in [-0.4, -0.2) is 31.1 Å². The fourth-order valence-electron chi connectivity index (χ4n) is 3.54. The summed E-state index contributed by atoms with van der Waals surface area (Å²) in [6.07, 6.45) is 0. The molecule has 4 heteroatoms. The molecule has 0 spiro atoms. The molecule has 0 bridgehead atoms. The topological polar surface area (TPSA) is 24.5 Å². The zero-order valence-corrected chi connectivity index (χ0v) is 15.9. The molecular formula is C23H23ClN2O. The summed E-state index contributed by atoms with van der Waals surface area (Å²) in [4.78, 5) is 2.52. The Hall–Kier alpha value is -2.33. The maximum absolute atomic E-state index is 6.11. The summed E-state index contributed by atoms with van der Waals surface area (Å²) in [5, 5.41) is 4.20. The predicted octanol–water partition coefficient (Wildman–Crippen LogP) is 5.13. The molecule has 1 atom stereocenters. The summed E-state index contributed by atoms with van der Waals surface area (Å²) in [7, 11) is 0. The van der Waals surface area contributed by atoms with Gasteiger partial charge in [-0.1, -0.05) is 54.1 Å². The second-order valence-corrected chi connectivity index (χ2v) is 7.16. The van der Waals surface area contributed by atoms with Crippen molar-refractivity contribution >= 4 is 11.6 Å². The van der Waals surface area contributed by atoms with Gasteiger partial charge in [0.25, 0.3) is 0 Å². The molecule has 1 N–H and O–H groups in total. The Morgan fingerprint density at radius 3 is 1.93 bits per heavy atom. The Labute approximate surface area is 165 Å². The Morgan fingerprint density at radius 2 is 1.30 bits per heavy atom. The SMILES string of the molecule is Clc1ccc(C(c2ccc(Oc3ccccc3)cc2)N2CCNCC2)cc1. The van der Waals surface area contributed by atoms with Crippen LogP contribution >= 0.6 is 11.6 Å². The van der Waals surface area contributed by atoms with Crippen LogP contribution in [0.2, 0.25) is 5.02 Å². The van der Waals surface area contributed by atoms with E-state index in [2.05, 4.69) is 34.5 Å². The fraction of sp³-hybridized carbons (Fsp3) is 0.217. The highest BCUT2D eigenvalue weighted by Gasteiger charge is 2.23. The van der Waals surface area contributed by atoms with Gasteiger partial charge in [0.2, 0.25) is 0 Å². The number of hydrogen-bond acceptors (Lipinski definition) is 3. The molecule has 1 fully saturated rings. The van der Waals surface area contributed by atoms with Crippen LogP contribution in [-0.2, 0) is 0 Å². The molecule has 0 aromatic heterocycles. The molecular weight excluding hydrogens is 356 g/mol. The van der Waals surface area contributed by atoms with Crippen molar-refractivity contribution in [3.63, 3.8) is 0 Å². The Bertz CT molecular complexity index is 844. The summed E-state index contributed by atoms with van der Waals surface area (Å²) >= 11 is 6.11. The van der Waals surface area contributed by atoms with Crippen LogP contribution in [0.25, 0.3) is 0 Å². The van der Waals surface area contributed by atoms with Gasteiger partial charge in [0.05, 0.1) is 6.04 Å². The first-order chi connectivity index (χ1) is 13.3. The standard InChI is InChI=1S/C23H23ClN2O/c24-20-10-6-18(7-11-20)23(26-16-14-25-15-17-26)19-8-12-22(13-9-19)27-21-4-2-1-3-5-21/h1-13,23,25H,14-17H2. The molecule has 3 aromatic carbocycles. The van der Waals surface area contributed by atoms with Gasteiger partial charge in [0.1, 0.15) is 11.5 Å². The second kappa shape index (κ2) is 8.57. The van der Waals surface area contributed by atoms with Gasteiger partial charge < -0.3 is 10.1 Å². The largest absolute Gasteiger partial charge is 0.457 e. The highest BCUT2D eigenvalue weighted by atomic mass is 35.5. The van der Waals surface area contributed by atoms with Crippen molar-refractivity contribution < 1.29 is 4.74 Å². The number of nitrogens with one attached hydrogen (secondary N) is 1. The second-order valence-electron chi connectivity index (χ2n) is 6.72. The van der Waals surface area contributed by atoms with Crippen LogP contribution in [0.3, 0.4) is 0 Å². The average Bonchev–Trinajstić information content (AvgIpc) is 2.73. The maximum Gasteiger partial charge on any atom is 0.127 e. The van der Waals surface area contributed by atoms with Crippen LogP contribution in [0.1, 0.15) is 17.2 Å². The molecule has 0 radical (unpaired) electrons. The number of halogens is 1. The van der Waals surface area contributed by atoms with Crippen molar-refractivity contribution in [2.45, 2.75) is 6.04 Å². The molecule has 138 valence electrons. The molecule has 0 amide bonds. The summed E-state index contributed by atoms with van der Waals surface area (Å²) in [6, 6.07) is 26.7. The first-order valence-electron chi connectivity index (χ1n) is 9.33. The molecule has 3 nitrogen and oxygen atoms in total. The zero-order valence-electron chi connectivity index (χ0n) is 15.1. The lowest BCUT2D eigenvalue weighted by molar-refractivity contribution is 0.198. The van der Waals surface area contributed by atoms with Crippen LogP contribution in [0.4, 0.5) is 0 Å². The smallest absolute Gasteiger partial charge is 0.127 e. The van der Waals surface area contributed by atoms with Gasteiger partial charge >= 0.3 is 0 Å². The monoisotopic (exact) mass is 378 g/mol. The van der Waals surface area contributed by atoms with E-state index in [1.54, 1.807) is 0 Å². The third-order valence-electron chi connectivity index (χ3n) is 4.88. The molecule has 0 aliphatic carbocycles. The van der Waals surface area contributed by atoms with Gasteiger partial charge in [-0.15, -0.1) is 0 Å². The minimum Gasteiger partial charge on any atom is -0.457 e. The number of rotatable bonds is 5. The van der Waals surface area contributed by atoms with Gasteiger partial charge in [-0.05, 0) is 47.5 Å². The molecule has 1 saturated heterocycles. The molecule has 1 unspecified atom stereocenters. The maximum atomic E-state index is 6.11. The average molecular weight is 379 g/mol. The minimum atomic E-state index is 0.218. The lowest BCUT2D eigenvalue weighted by atomic mass is 9.96. The highest BCUT2D eigenvalue weighted by Crippen LogP contribution is 2.31. The van der Waals surface area contributed by atoms with Crippen LogP contribution in [0, 0.1) is 0 Å². The van der Waals surface area contributed by atoms with Crippen molar-refractivity contribution in [1.82, 2.24) is 10.2 Å². The summed E-state index contributed by atoms with van der Waals surface area (Å²) in [5.74, 6) is 1.70. The van der Waals surface area contributed by atoms with E-state index in [0.717, 1.165) is 42.7 Å². The number of hydrogen-bond donors (Lipinski definition) is 1. The number of piperazine rings is 1. The zero-order chi connectivity index (χ0) is 18.5. The number of para-hydroxylation sites is 1. The molecule has 1 aliphatic rings. The molecule has 4 rings (SSSR count). The van der Waals surface area contributed by atoms with E-state index in [4.69, 9.17) is 16.3 Å².